The van der Waals surface area contributed by atoms with E-state index in [0.717, 1.165) is 58.9 Å². The van der Waals surface area contributed by atoms with E-state index < -0.39 is 0 Å². The number of nitriles is 1. The highest BCUT2D eigenvalue weighted by Gasteiger charge is 2.26. The van der Waals surface area contributed by atoms with E-state index in [1.807, 2.05) is 22.8 Å². The van der Waals surface area contributed by atoms with Crippen LogP contribution in [0.4, 0.5) is 5.82 Å². The second kappa shape index (κ2) is 10.7. The normalized spacial score (nSPS) is 20.3. The molecule has 2 aliphatic rings. The summed E-state index contributed by atoms with van der Waals surface area (Å²) in [6, 6.07) is 15.3. The first-order valence-corrected chi connectivity index (χ1v) is 13.6. The van der Waals surface area contributed by atoms with E-state index in [0.29, 0.717) is 43.7 Å². The van der Waals surface area contributed by atoms with Crippen LogP contribution in [0.3, 0.4) is 0 Å². The molecule has 0 spiro atoms. The van der Waals surface area contributed by atoms with Gasteiger partial charge in [-0.1, -0.05) is 41.9 Å². The Bertz CT molecular complexity index is 1490. The maximum absolute atomic E-state index is 9.24. The first-order chi connectivity index (χ1) is 18.6. The minimum Gasteiger partial charge on any atom is -0.461 e. The molecule has 0 aliphatic carbocycles. The second-order valence-electron chi connectivity index (χ2n) is 10.2. The van der Waals surface area contributed by atoms with Crippen LogP contribution >= 0.6 is 11.6 Å². The van der Waals surface area contributed by atoms with Gasteiger partial charge in [0.15, 0.2) is 11.5 Å². The number of nitrogens with zero attached hydrogens (tertiary/aromatic N) is 7. The number of nitrogens with one attached hydrogen (secondary N) is 1. The van der Waals surface area contributed by atoms with Gasteiger partial charge < -0.3 is 19.9 Å². The lowest BCUT2D eigenvalue weighted by Gasteiger charge is -2.33. The lowest BCUT2D eigenvalue weighted by Crippen LogP contribution is -2.51. The summed E-state index contributed by atoms with van der Waals surface area (Å²) in [5, 5.41) is 20.4. The first kappa shape index (κ1) is 24.9. The monoisotopic (exact) mass is 530 g/mol. The number of likely N-dealkylation sites (tertiary alicyclic amines) is 1. The SMILES string of the molecule is CN1CCC[C@H]1COc1nc(N2CCN[C@@H](CC#N)C2)c2ncc(Cc3cccc4cccc(Cl)c34)n2n1. The zero-order valence-electron chi connectivity index (χ0n) is 21.5. The third kappa shape index (κ3) is 4.87. The van der Waals surface area contributed by atoms with E-state index in [-0.39, 0.29) is 6.04 Å². The summed E-state index contributed by atoms with van der Waals surface area (Å²) >= 11 is 6.62. The van der Waals surface area contributed by atoms with Gasteiger partial charge >= 0.3 is 6.01 Å². The lowest BCUT2D eigenvalue weighted by atomic mass is 10.0. The molecule has 0 saturated carbocycles. The van der Waals surface area contributed by atoms with Crippen molar-refractivity contribution in [1.82, 2.24) is 29.8 Å². The maximum Gasteiger partial charge on any atom is 0.336 e. The van der Waals surface area contributed by atoms with Crippen LogP contribution in [0, 0.1) is 11.3 Å². The molecule has 2 aliphatic heterocycles. The number of anilines is 1. The Morgan fingerprint density at radius 2 is 2.08 bits per heavy atom. The molecule has 0 bridgehead atoms. The topological polar surface area (TPSA) is 94.6 Å². The number of piperazine rings is 1. The van der Waals surface area contributed by atoms with Crippen molar-refractivity contribution in [2.75, 3.05) is 44.7 Å². The number of ether oxygens (including phenoxy) is 1. The van der Waals surface area contributed by atoms with Crippen molar-refractivity contribution in [2.24, 2.45) is 0 Å². The van der Waals surface area contributed by atoms with Crippen molar-refractivity contribution < 1.29 is 4.74 Å². The largest absolute Gasteiger partial charge is 0.461 e. The number of hydrogen-bond donors (Lipinski definition) is 1. The predicted molar refractivity (Wildman–Crippen MR) is 148 cm³/mol. The summed E-state index contributed by atoms with van der Waals surface area (Å²) < 4.78 is 8.08. The van der Waals surface area contributed by atoms with Crippen molar-refractivity contribution >= 4 is 33.8 Å². The molecule has 0 amide bonds. The fourth-order valence-corrected chi connectivity index (χ4v) is 5.93. The number of halogens is 1. The minimum absolute atomic E-state index is 0.0764. The number of benzene rings is 2. The summed E-state index contributed by atoms with van der Waals surface area (Å²) in [6.45, 7) is 3.84. The first-order valence-electron chi connectivity index (χ1n) is 13.2. The average molecular weight is 531 g/mol. The predicted octanol–water partition coefficient (Wildman–Crippen LogP) is 3.69. The molecule has 10 heteroatoms. The molecule has 0 radical (unpaired) electrons. The van der Waals surface area contributed by atoms with Crippen LogP contribution in [-0.4, -0.2) is 76.4 Å². The van der Waals surface area contributed by atoms with E-state index in [9.17, 15) is 5.26 Å². The molecular weight excluding hydrogens is 500 g/mol. The maximum atomic E-state index is 9.24. The smallest absolute Gasteiger partial charge is 0.336 e. The van der Waals surface area contributed by atoms with Gasteiger partial charge in [0.1, 0.15) is 6.61 Å². The molecular formula is C28H31ClN8O. The Morgan fingerprint density at radius 1 is 1.21 bits per heavy atom. The number of hydrogen-bond acceptors (Lipinski definition) is 8. The average Bonchev–Trinajstić information content (AvgIpc) is 3.53. The highest BCUT2D eigenvalue weighted by atomic mass is 35.5. The fraction of sp³-hybridized carbons (Fsp3) is 0.429. The van der Waals surface area contributed by atoms with Crippen molar-refractivity contribution in [3.8, 4) is 12.1 Å². The molecule has 9 nitrogen and oxygen atoms in total. The number of imidazole rings is 1. The zero-order chi connectivity index (χ0) is 26.1. The van der Waals surface area contributed by atoms with Gasteiger partial charge in [0.2, 0.25) is 0 Å². The van der Waals surface area contributed by atoms with Crippen molar-refractivity contribution in [3.05, 3.63) is 58.9 Å². The standard InChI is InChI=1S/C28H31ClN8O/c1-35-13-4-8-22(35)18-38-28-33-27(36-14-12-31-21(17-36)10-11-30)26-32-16-23(37(26)34-28)15-20-7-2-5-19-6-3-9-24(29)25(19)20/h2-3,5-7,9,16,21-22,31H,4,8,10,12-15,17-18H2,1H3/t21-,22-/m0/s1. The molecule has 2 atom stereocenters. The van der Waals surface area contributed by atoms with Crippen molar-refractivity contribution in [3.63, 3.8) is 0 Å². The van der Waals surface area contributed by atoms with Crippen LogP contribution < -0.4 is 15.0 Å². The van der Waals surface area contributed by atoms with E-state index in [4.69, 9.17) is 31.4 Å². The fourth-order valence-electron chi connectivity index (χ4n) is 5.62. The number of aromatic nitrogens is 4. The van der Waals surface area contributed by atoms with Crippen molar-refractivity contribution in [1.29, 1.82) is 5.26 Å². The summed E-state index contributed by atoms with van der Waals surface area (Å²) in [5.41, 5.74) is 2.73. The Morgan fingerprint density at radius 3 is 2.89 bits per heavy atom. The van der Waals surface area contributed by atoms with Crippen LogP contribution in [-0.2, 0) is 6.42 Å². The molecule has 2 aromatic heterocycles. The number of likely N-dealkylation sites (N-methyl/N-ethyl adjacent to an activating group) is 1. The third-order valence-corrected chi connectivity index (χ3v) is 7.99. The molecule has 4 aromatic rings. The highest BCUT2D eigenvalue weighted by molar-refractivity contribution is 6.35. The Kier molecular flexibility index (Phi) is 7.02. The number of rotatable bonds is 7. The minimum atomic E-state index is 0.0764. The van der Waals surface area contributed by atoms with Crippen LogP contribution in [0.15, 0.2) is 42.6 Å². The molecule has 4 heterocycles. The van der Waals surface area contributed by atoms with Crippen LogP contribution in [0.25, 0.3) is 16.4 Å². The van der Waals surface area contributed by atoms with Crippen molar-refractivity contribution in [2.45, 2.75) is 37.8 Å². The van der Waals surface area contributed by atoms with E-state index >= 15 is 0 Å². The summed E-state index contributed by atoms with van der Waals surface area (Å²) in [7, 11) is 2.13. The van der Waals surface area contributed by atoms with Crippen LogP contribution in [0.2, 0.25) is 5.02 Å². The molecule has 2 fully saturated rings. The van der Waals surface area contributed by atoms with E-state index in [1.165, 1.54) is 6.42 Å². The molecule has 38 heavy (non-hydrogen) atoms. The molecule has 196 valence electrons. The third-order valence-electron chi connectivity index (χ3n) is 7.68. The molecule has 1 N–H and O–H groups in total. The van der Waals surface area contributed by atoms with E-state index in [1.54, 1.807) is 0 Å². The summed E-state index contributed by atoms with van der Waals surface area (Å²) in [6.07, 6.45) is 5.21. The molecule has 2 saturated heterocycles. The van der Waals surface area contributed by atoms with Gasteiger partial charge in [0.05, 0.1) is 24.4 Å². The summed E-state index contributed by atoms with van der Waals surface area (Å²) in [4.78, 5) is 14.1. The van der Waals surface area contributed by atoms with Gasteiger partial charge in [-0.3, -0.25) is 0 Å². The highest BCUT2D eigenvalue weighted by Crippen LogP contribution is 2.30. The number of fused-ring (bicyclic) bond motifs is 2. The zero-order valence-corrected chi connectivity index (χ0v) is 22.2. The molecule has 0 unspecified atom stereocenters. The molecule has 2 aromatic carbocycles. The van der Waals surface area contributed by atoms with Crippen LogP contribution in [0.5, 0.6) is 6.01 Å². The van der Waals surface area contributed by atoms with E-state index in [2.05, 4.69) is 52.5 Å². The Balaban J connectivity index is 1.38. The van der Waals surface area contributed by atoms with Crippen LogP contribution in [0.1, 0.15) is 30.5 Å². The summed E-state index contributed by atoms with van der Waals surface area (Å²) in [5.74, 6) is 0.737. The van der Waals surface area contributed by atoms with Gasteiger partial charge in [-0.25, -0.2) is 9.50 Å². The Labute approximate surface area is 227 Å². The molecule has 6 rings (SSSR count). The van der Waals surface area contributed by atoms with Gasteiger partial charge in [-0.05, 0) is 43.5 Å². The Hall–Kier alpha value is -3.45. The lowest BCUT2D eigenvalue weighted by molar-refractivity contribution is 0.185. The quantitative estimate of drug-likeness (QED) is 0.386. The van der Waals surface area contributed by atoms with Gasteiger partial charge in [-0.15, -0.1) is 5.10 Å². The van der Waals surface area contributed by atoms with Gasteiger partial charge in [-0.2, -0.15) is 10.2 Å². The van der Waals surface area contributed by atoms with Gasteiger partial charge in [0, 0.05) is 48.5 Å². The second-order valence-corrected chi connectivity index (χ2v) is 10.6. The van der Waals surface area contributed by atoms with Gasteiger partial charge in [0.25, 0.3) is 0 Å².